The molecular weight excluding hydrogens is 236 g/mol. The molecule has 1 unspecified atom stereocenters. The maximum Gasteiger partial charge on any atom is 0.222 e. The van der Waals surface area contributed by atoms with Crippen LogP contribution in [0.4, 0.5) is 0 Å². The lowest BCUT2D eigenvalue weighted by Gasteiger charge is -2.29. The van der Waals surface area contributed by atoms with Gasteiger partial charge in [-0.1, -0.05) is 39.0 Å². The molecule has 1 atom stereocenters. The summed E-state index contributed by atoms with van der Waals surface area (Å²) in [6, 6.07) is 6.58. The van der Waals surface area contributed by atoms with Crippen LogP contribution in [0.15, 0.2) is 18.2 Å². The van der Waals surface area contributed by atoms with Gasteiger partial charge in [0, 0.05) is 25.6 Å². The Labute approximate surface area is 115 Å². The van der Waals surface area contributed by atoms with Crippen molar-refractivity contribution in [1.82, 2.24) is 4.90 Å². The van der Waals surface area contributed by atoms with Crippen LogP contribution < -0.4 is 5.73 Å². The van der Waals surface area contributed by atoms with Gasteiger partial charge in [-0.15, -0.1) is 0 Å². The minimum atomic E-state index is 0.0718. The normalized spacial score (nSPS) is 16.4. The van der Waals surface area contributed by atoms with Crippen LogP contribution in [0.3, 0.4) is 0 Å². The van der Waals surface area contributed by atoms with Gasteiger partial charge in [0.25, 0.3) is 0 Å². The van der Waals surface area contributed by atoms with Crippen LogP contribution in [0.25, 0.3) is 0 Å². The van der Waals surface area contributed by atoms with Crippen LogP contribution in [-0.4, -0.2) is 17.4 Å². The van der Waals surface area contributed by atoms with Crippen LogP contribution in [0.1, 0.15) is 49.9 Å². The lowest BCUT2D eigenvalue weighted by molar-refractivity contribution is -0.131. The lowest BCUT2D eigenvalue weighted by atomic mass is 9.91. The molecule has 2 rings (SSSR count). The Bertz CT molecular complexity index is 468. The first kappa shape index (κ1) is 14.1. The highest BCUT2D eigenvalue weighted by Crippen LogP contribution is 2.25. The van der Waals surface area contributed by atoms with E-state index in [4.69, 9.17) is 5.73 Å². The summed E-state index contributed by atoms with van der Waals surface area (Å²) in [7, 11) is 0. The molecule has 0 fully saturated rings. The van der Waals surface area contributed by atoms with Crippen molar-refractivity contribution in [3.63, 3.8) is 0 Å². The van der Waals surface area contributed by atoms with Crippen molar-refractivity contribution in [1.29, 1.82) is 0 Å². The van der Waals surface area contributed by atoms with E-state index in [1.807, 2.05) is 11.8 Å². The number of carbonyl (C=O) groups excluding carboxylic acids is 1. The minimum Gasteiger partial charge on any atom is -0.338 e. The average Bonchev–Trinajstić information content (AvgIpc) is 2.44. The summed E-state index contributed by atoms with van der Waals surface area (Å²) in [6.07, 6.45) is 1.54. The Hall–Kier alpha value is -1.35. The second-order valence-corrected chi connectivity index (χ2v) is 5.72. The van der Waals surface area contributed by atoms with Gasteiger partial charge in [-0.3, -0.25) is 4.79 Å². The molecule has 1 amide bonds. The Morgan fingerprint density at radius 1 is 1.37 bits per heavy atom. The van der Waals surface area contributed by atoms with Crippen LogP contribution >= 0.6 is 0 Å². The molecule has 1 aliphatic heterocycles. The van der Waals surface area contributed by atoms with Crippen LogP contribution in [0, 0.1) is 5.92 Å². The zero-order chi connectivity index (χ0) is 14.0. The quantitative estimate of drug-likeness (QED) is 0.908. The SMILES string of the molecule is CCC(=O)N1CCc2ccc(C(N)C(C)C)cc2C1. The number of nitrogens with two attached hydrogens (primary N) is 1. The van der Waals surface area contributed by atoms with Crippen molar-refractivity contribution in [3.05, 3.63) is 34.9 Å². The monoisotopic (exact) mass is 260 g/mol. The van der Waals surface area contributed by atoms with E-state index in [0.717, 1.165) is 19.5 Å². The van der Waals surface area contributed by atoms with E-state index in [-0.39, 0.29) is 11.9 Å². The van der Waals surface area contributed by atoms with E-state index in [9.17, 15) is 4.79 Å². The predicted molar refractivity (Wildman–Crippen MR) is 77.6 cm³/mol. The fraction of sp³-hybridized carbons (Fsp3) is 0.562. The second kappa shape index (κ2) is 5.74. The maximum absolute atomic E-state index is 11.8. The summed E-state index contributed by atoms with van der Waals surface area (Å²) in [5.41, 5.74) is 10.0. The molecule has 0 saturated carbocycles. The van der Waals surface area contributed by atoms with Gasteiger partial charge < -0.3 is 10.6 Å². The molecule has 3 heteroatoms. The maximum atomic E-state index is 11.8. The molecule has 1 aromatic rings. The number of hydrogen-bond donors (Lipinski definition) is 1. The van der Waals surface area contributed by atoms with E-state index < -0.39 is 0 Å². The first-order valence-corrected chi connectivity index (χ1v) is 7.18. The number of nitrogens with zero attached hydrogens (tertiary/aromatic N) is 1. The highest BCUT2D eigenvalue weighted by atomic mass is 16.2. The topological polar surface area (TPSA) is 46.3 Å². The molecule has 0 spiro atoms. The zero-order valence-corrected chi connectivity index (χ0v) is 12.1. The molecule has 0 radical (unpaired) electrons. The number of carbonyl (C=O) groups is 1. The number of amides is 1. The Kier molecular flexibility index (Phi) is 4.25. The largest absolute Gasteiger partial charge is 0.338 e. The minimum absolute atomic E-state index is 0.0718. The molecule has 1 aromatic carbocycles. The van der Waals surface area contributed by atoms with Gasteiger partial charge in [0.05, 0.1) is 0 Å². The first-order chi connectivity index (χ1) is 9.02. The third kappa shape index (κ3) is 2.98. The highest BCUT2D eigenvalue weighted by molar-refractivity contribution is 5.76. The van der Waals surface area contributed by atoms with Gasteiger partial charge in [0.2, 0.25) is 5.91 Å². The summed E-state index contributed by atoms with van der Waals surface area (Å²) in [5, 5.41) is 0. The van der Waals surface area contributed by atoms with Crippen LogP contribution in [-0.2, 0) is 17.8 Å². The molecule has 19 heavy (non-hydrogen) atoms. The van der Waals surface area contributed by atoms with Crippen molar-refractivity contribution >= 4 is 5.91 Å². The lowest BCUT2D eigenvalue weighted by Crippen LogP contribution is -2.35. The molecule has 0 saturated heterocycles. The molecule has 1 heterocycles. The van der Waals surface area contributed by atoms with Crippen molar-refractivity contribution in [3.8, 4) is 0 Å². The number of rotatable bonds is 3. The molecular formula is C16H24N2O. The van der Waals surface area contributed by atoms with Gasteiger partial charge in [-0.25, -0.2) is 0 Å². The average molecular weight is 260 g/mol. The zero-order valence-electron chi connectivity index (χ0n) is 12.1. The summed E-state index contributed by atoms with van der Waals surface area (Å²) in [5.74, 6) is 0.666. The summed E-state index contributed by atoms with van der Waals surface area (Å²) in [4.78, 5) is 13.8. The molecule has 0 aromatic heterocycles. The van der Waals surface area contributed by atoms with Crippen LogP contribution in [0.2, 0.25) is 0 Å². The van der Waals surface area contributed by atoms with Crippen molar-refractivity contribution < 1.29 is 4.79 Å². The smallest absolute Gasteiger partial charge is 0.222 e. The number of benzene rings is 1. The van der Waals surface area contributed by atoms with E-state index in [2.05, 4.69) is 32.0 Å². The van der Waals surface area contributed by atoms with E-state index in [1.165, 1.54) is 16.7 Å². The van der Waals surface area contributed by atoms with Gasteiger partial charge in [-0.05, 0) is 29.0 Å². The van der Waals surface area contributed by atoms with Crippen molar-refractivity contribution in [2.45, 2.75) is 46.2 Å². The third-order valence-electron chi connectivity index (χ3n) is 4.00. The second-order valence-electron chi connectivity index (χ2n) is 5.72. The van der Waals surface area contributed by atoms with Gasteiger partial charge in [0.1, 0.15) is 0 Å². The predicted octanol–water partition coefficient (Wildman–Crippen LogP) is 2.64. The number of hydrogen-bond acceptors (Lipinski definition) is 2. The van der Waals surface area contributed by atoms with E-state index in [1.54, 1.807) is 0 Å². The Morgan fingerprint density at radius 3 is 2.74 bits per heavy atom. The molecule has 3 nitrogen and oxygen atoms in total. The van der Waals surface area contributed by atoms with E-state index in [0.29, 0.717) is 12.3 Å². The van der Waals surface area contributed by atoms with Gasteiger partial charge >= 0.3 is 0 Å². The van der Waals surface area contributed by atoms with Crippen molar-refractivity contribution in [2.75, 3.05) is 6.54 Å². The third-order valence-corrected chi connectivity index (χ3v) is 4.00. The van der Waals surface area contributed by atoms with Gasteiger partial charge in [-0.2, -0.15) is 0 Å². The molecule has 104 valence electrons. The summed E-state index contributed by atoms with van der Waals surface area (Å²) < 4.78 is 0. The van der Waals surface area contributed by atoms with E-state index >= 15 is 0 Å². The molecule has 0 bridgehead atoms. The Morgan fingerprint density at radius 2 is 2.11 bits per heavy atom. The molecule has 0 aliphatic carbocycles. The highest BCUT2D eigenvalue weighted by Gasteiger charge is 2.21. The fourth-order valence-corrected chi connectivity index (χ4v) is 2.61. The van der Waals surface area contributed by atoms with Crippen LogP contribution in [0.5, 0.6) is 0 Å². The molecule has 1 aliphatic rings. The number of fused-ring (bicyclic) bond motifs is 1. The summed E-state index contributed by atoms with van der Waals surface area (Å²) >= 11 is 0. The molecule has 2 N–H and O–H groups in total. The standard InChI is InChI=1S/C16H24N2O/c1-4-15(19)18-8-7-12-5-6-13(9-14(12)10-18)16(17)11(2)3/h5-6,9,11,16H,4,7-8,10,17H2,1-3H3. The summed E-state index contributed by atoms with van der Waals surface area (Å²) in [6.45, 7) is 7.77. The first-order valence-electron chi connectivity index (χ1n) is 7.18. The Balaban J connectivity index is 2.22. The van der Waals surface area contributed by atoms with Crippen molar-refractivity contribution in [2.24, 2.45) is 11.7 Å². The van der Waals surface area contributed by atoms with Gasteiger partial charge in [0.15, 0.2) is 0 Å². The fourth-order valence-electron chi connectivity index (χ4n) is 2.61.